The predicted molar refractivity (Wildman–Crippen MR) is 117 cm³/mol. The molecule has 3 N–H and O–H groups in total. The van der Waals surface area contributed by atoms with E-state index in [2.05, 4.69) is 4.98 Å². The van der Waals surface area contributed by atoms with Crippen molar-refractivity contribution < 1.29 is 22.7 Å². The van der Waals surface area contributed by atoms with Gasteiger partial charge in [0.25, 0.3) is 0 Å². The summed E-state index contributed by atoms with van der Waals surface area (Å²) >= 11 is 0. The highest BCUT2D eigenvalue weighted by Gasteiger charge is 2.32. The van der Waals surface area contributed by atoms with Crippen LogP contribution < -0.4 is 10.5 Å². The molecule has 0 spiro atoms. The van der Waals surface area contributed by atoms with E-state index in [9.17, 15) is 18.0 Å². The number of nitrogens with one attached hydrogen (secondary N) is 1. The van der Waals surface area contributed by atoms with E-state index in [0.717, 1.165) is 28.6 Å². The Morgan fingerprint density at radius 1 is 1.16 bits per heavy atom. The van der Waals surface area contributed by atoms with Crippen LogP contribution in [0.3, 0.4) is 0 Å². The number of carbonyl (C=O) groups excluding carboxylic acids is 1. The summed E-state index contributed by atoms with van der Waals surface area (Å²) in [5.41, 5.74) is 8.15. The van der Waals surface area contributed by atoms with Crippen LogP contribution in [0.2, 0.25) is 0 Å². The first kappa shape index (κ1) is 21.5. The Balaban J connectivity index is 1.67. The highest BCUT2D eigenvalue weighted by Crippen LogP contribution is 2.33. The van der Waals surface area contributed by atoms with Crippen molar-refractivity contribution in [2.24, 2.45) is 5.73 Å². The van der Waals surface area contributed by atoms with Gasteiger partial charge in [0.2, 0.25) is 5.91 Å². The van der Waals surface area contributed by atoms with Gasteiger partial charge in [0.15, 0.2) is 0 Å². The first-order valence-corrected chi connectivity index (χ1v) is 10.1. The maximum Gasteiger partial charge on any atom is 0.431 e. The molecule has 32 heavy (non-hydrogen) atoms. The van der Waals surface area contributed by atoms with Crippen molar-refractivity contribution in [3.63, 3.8) is 0 Å². The molecule has 1 aliphatic heterocycles. The smallest absolute Gasteiger partial charge is 0.431 e. The number of H-pyrrole nitrogens is 1. The molecule has 0 atom stereocenters. The van der Waals surface area contributed by atoms with Gasteiger partial charge in [0.1, 0.15) is 11.4 Å². The molecular weight excluding hydrogens is 419 g/mol. The van der Waals surface area contributed by atoms with Gasteiger partial charge in [-0.05, 0) is 55.0 Å². The van der Waals surface area contributed by atoms with Crippen molar-refractivity contribution in [1.29, 1.82) is 0 Å². The highest BCUT2D eigenvalue weighted by molar-refractivity contribution is 5.94. The maximum atomic E-state index is 13.0. The molecule has 0 aliphatic carbocycles. The summed E-state index contributed by atoms with van der Waals surface area (Å²) in [4.78, 5) is 16.2. The molecule has 0 saturated heterocycles. The average molecular weight is 441 g/mol. The molecule has 8 heteroatoms. The van der Waals surface area contributed by atoms with Crippen LogP contribution in [0.1, 0.15) is 23.7 Å². The standard InChI is InChI=1S/C24H22F3N3O2/c1-2-32-19-5-3-4-16(11-19)21-9-7-17(23(28)31)14-30(21)13-15-6-8-20-18(10-15)12-22(29-20)24(25,26)27/h3-12,29H,2,13-14H2,1H3,(H2,28,31). The summed E-state index contributed by atoms with van der Waals surface area (Å²) in [7, 11) is 0. The summed E-state index contributed by atoms with van der Waals surface area (Å²) in [6.45, 7) is 3.12. The van der Waals surface area contributed by atoms with Gasteiger partial charge in [-0.2, -0.15) is 13.2 Å². The molecule has 0 radical (unpaired) electrons. The molecular formula is C24H22F3N3O2. The number of fused-ring (bicyclic) bond motifs is 1. The third-order valence-corrected chi connectivity index (χ3v) is 5.27. The minimum Gasteiger partial charge on any atom is -0.494 e. The molecule has 0 fully saturated rings. The third-order valence-electron chi connectivity index (χ3n) is 5.27. The van der Waals surface area contributed by atoms with Gasteiger partial charge in [0, 0.05) is 40.8 Å². The Labute approximate surface area is 183 Å². The number of alkyl halides is 3. The predicted octanol–water partition coefficient (Wildman–Crippen LogP) is 4.85. The number of primary amides is 1. The molecule has 1 aliphatic rings. The maximum absolute atomic E-state index is 13.0. The molecule has 1 amide bonds. The van der Waals surface area contributed by atoms with Crippen molar-refractivity contribution >= 4 is 22.5 Å². The monoisotopic (exact) mass is 441 g/mol. The Morgan fingerprint density at radius 2 is 1.97 bits per heavy atom. The number of aromatic nitrogens is 1. The largest absolute Gasteiger partial charge is 0.494 e. The van der Waals surface area contributed by atoms with Gasteiger partial charge in [-0.25, -0.2) is 0 Å². The van der Waals surface area contributed by atoms with E-state index in [1.807, 2.05) is 42.2 Å². The van der Waals surface area contributed by atoms with Gasteiger partial charge in [-0.3, -0.25) is 4.79 Å². The molecule has 0 unspecified atom stereocenters. The molecule has 166 valence electrons. The van der Waals surface area contributed by atoms with Crippen LogP contribution in [0, 0.1) is 0 Å². The van der Waals surface area contributed by atoms with Crippen LogP contribution in [0.5, 0.6) is 5.75 Å². The Bertz CT molecular complexity index is 1220. The number of nitrogens with two attached hydrogens (primary N) is 1. The Hall–Kier alpha value is -3.68. The minimum absolute atomic E-state index is 0.291. The van der Waals surface area contributed by atoms with E-state index in [1.54, 1.807) is 24.3 Å². The second-order valence-electron chi connectivity index (χ2n) is 7.53. The number of hydrogen-bond donors (Lipinski definition) is 2. The Kier molecular flexibility index (Phi) is 5.69. The number of halogens is 3. The molecule has 2 heterocycles. The summed E-state index contributed by atoms with van der Waals surface area (Å²) in [6.07, 6.45) is -0.910. The number of benzene rings is 2. The van der Waals surface area contributed by atoms with Crippen LogP contribution in [-0.2, 0) is 17.5 Å². The molecule has 2 aromatic carbocycles. The fourth-order valence-corrected chi connectivity index (χ4v) is 3.77. The second-order valence-corrected chi connectivity index (χ2v) is 7.53. The molecule has 0 bridgehead atoms. The van der Waals surface area contributed by atoms with Crippen molar-refractivity contribution in [2.75, 3.05) is 13.2 Å². The van der Waals surface area contributed by atoms with Gasteiger partial charge in [0.05, 0.1) is 6.61 Å². The fraction of sp³-hybridized carbons (Fsp3) is 0.208. The number of amides is 1. The van der Waals surface area contributed by atoms with Crippen LogP contribution >= 0.6 is 0 Å². The number of allylic oxidation sites excluding steroid dienone is 2. The number of rotatable bonds is 6. The summed E-state index contributed by atoms with van der Waals surface area (Å²) < 4.78 is 44.7. The van der Waals surface area contributed by atoms with Crippen molar-refractivity contribution in [3.05, 3.63) is 83.1 Å². The molecule has 1 aromatic heterocycles. The van der Waals surface area contributed by atoms with Gasteiger partial charge in [-0.1, -0.05) is 18.2 Å². The van der Waals surface area contributed by atoms with Crippen LogP contribution in [0.15, 0.2) is 66.3 Å². The first-order chi connectivity index (χ1) is 15.2. The normalized spacial score (nSPS) is 14.3. The molecule has 4 rings (SSSR count). The SMILES string of the molecule is CCOc1cccc(C2=CC=C(C(N)=O)CN2Cc2ccc3[nH]c(C(F)(F)F)cc3c2)c1. The lowest BCUT2D eigenvalue weighted by atomic mass is 10.0. The van der Waals surface area contributed by atoms with E-state index >= 15 is 0 Å². The van der Waals surface area contributed by atoms with E-state index in [1.165, 1.54) is 0 Å². The Morgan fingerprint density at radius 3 is 2.69 bits per heavy atom. The summed E-state index contributed by atoms with van der Waals surface area (Å²) in [6, 6.07) is 13.8. The highest BCUT2D eigenvalue weighted by atomic mass is 19.4. The fourth-order valence-electron chi connectivity index (χ4n) is 3.77. The topological polar surface area (TPSA) is 71.3 Å². The van der Waals surface area contributed by atoms with Crippen molar-refractivity contribution in [1.82, 2.24) is 9.88 Å². The molecule has 0 saturated carbocycles. The number of carbonyl (C=O) groups is 1. The average Bonchev–Trinajstić information content (AvgIpc) is 3.18. The number of nitrogens with zero attached hydrogens (tertiary/aromatic N) is 1. The molecule has 5 nitrogen and oxygen atoms in total. The van der Waals surface area contributed by atoms with Gasteiger partial charge < -0.3 is 20.4 Å². The van der Waals surface area contributed by atoms with E-state index in [-0.39, 0.29) is 0 Å². The van der Waals surface area contributed by atoms with Crippen molar-refractivity contribution in [2.45, 2.75) is 19.6 Å². The lowest BCUT2D eigenvalue weighted by molar-refractivity contribution is -0.140. The number of ether oxygens (including phenoxy) is 1. The van der Waals surface area contributed by atoms with E-state index in [0.29, 0.717) is 36.2 Å². The lowest BCUT2D eigenvalue weighted by Gasteiger charge is -2.31. The lowest BCUT2D eigenvalue weighted by Crippen LogP contribution is -2.31. The van der Waals surface area contributed by atoms with Crippen molar-refractivity contribution in [3.8, 4) is 5.75 Å². The summed E-state index contributed by atoms with van der Waals surface area (Å²) in [5.74, 6) is 0.216. The number of aromatic amines is 1. The minimum atomic E-state index is -4.44. The van der Waals surface area contributed by atoms with Crippen LogP contribution in [0.25, 0.3) is 16.6 Å². The zero-order valence-corrected chi connectivity index (χ0v) is 17.4. The zero-order chi connectivity index (χ0) is 22.9. The van der Waals surface area contributed by atoms with Gasteiger partial charge >= 0.3 is 6.18 Å². The quantitative estimate of drug-likeness (QED) is 0.574. The van der Waals surface area contributed by atoms with Gasteiger partial charge in [-0.15, -0.1) is 0 Å². The number of hydrogen-bond acceptors (Lipinski definition) is 3. The second kappa shape index (κ2) is 8.45. The molecule has 3 aromatic rings. The summed E-state index contributed by atoms with van der Waals surface area (Å²) in [5, 5.41) is 0.473. The first-order valence-electron chi connectivity index (χ1n) is 10.1. The van der Waals surface area contributed by atoms with Crippen LogP contribution in [0.4, 0.5) is 13.2 Å². The van der Waals surface area contributed by atoms with E-state index in [4.69, 9.17) is 10.5 Å². The van der Waals surface area contributed by atoms with E-state index < -0.39 is 17.8 Å². The third kappa shape index (κ3) is 4.49. The zero-order valence-electron chi connectivity index (χ0n) is 17.4. The van der Waals surface area contributed by atoms with Crippen LogP contribution in [-0.4, -0.2) is 28.9 Å².